The summed E-state index contributed by atoms with van der Waals surface area (Å²) in [5.41, 5.74) is 6.82. The first-order valence-electron chi connectivity index (χ1n) is 5.18. The van der Waals surface area contributed by atoms with Crippen LogP contribution in [0.5, 0.6) is 10.8 Å². The second kappa shape index (κ2) is 5.05. The Labute approximate surface area is 108 Å². The molecule has 2 rings (SSSR count). The maximum Gasteiger partial charge on any atom is 0.338 e. The van der Waals surface area contributed by atoms with Crippen molar-refractivity contribution in [2.24, 2.45) is 0 Å². The van der Waals surface area contributed by atoms with E-state index in [9.17, 15) is 4.79 Å². The fraction of sp³-hybridized carbons (Fsp3) is 0.167. The summed E-state index contributed by atoms with van der Waals surface area (Å²) in [6.07, 6.45) is 1.56. The lowest BCUT2D eigenvalue weighted by molar-refractivity contribution is 0.0600. The van der Waals surface area contributed by atoms with E-state index >= 15 is 0 Å². The van der Waals surface area contributed by atoms with E-state index < -0.39 is 0 Å². The molecular formula is C12H12N2O3S. The molecule has 0 atom stereocenters. The summed E-state index contributed by atoms with van der Waals surface area (Å²) in [6.45, 7) is 1.82. The van der Waals surface area contributed by atoms with Crippen molar-refractivity contribution >= 4 is 22.4 Å². The number of nitrogen functional groups attached to an aromatic ring is 1. The number of nitrogens with zero attached hydrogens (tertiary/aromatic N) is 1. The van der Waals surface area contributed by atoms with Gasteiger partial charge in [0.05, 0.1) is 18.9 Å². The average Bonchev–Trinajstić information content (AvgIpc) is 2.74. The topological polar surface area (TPSA) is 74.4 Å². The number of aromatic nitrogens is 1. The highest BCUT2D eigenvalue weighted by molar-refractivity contribution is 7.17. The van der Waals surface area contributed by atoms with Crippen molar-refractivity contribution in [3.05, 3.63) is 35.5 Å². The van der Waals surface area contributed by atoms with Gasteiger partial charge in [-0.2, -0.15) is 0 Å². The van der Waals surface area contributed by atoms with Gasteiger partial charge in [0, 0.05) is 0 Å². The van der Waals surface area contributed by atoms with E-state index in [4.69, 9.17) is 10.5 Å². The Morgan fingerprint density at radius 2 is 2.22 bits per heavy atom. The first-order valence-corrected chi connectivity index (χ1v) is 6.00. The zero-order chi connectivity index (χ0) is 13.1. The van der Waals surface area contributed by atoms with Crippen molar-refractivity contribution < 1.29 is 14.3 Å². The van der Waals surface area contributed by atoms with E-state index in [0.29, 0.717) is 21.5 Å². The van der Waals surface area contributed by atoms with Crippen LogP contribution in [0.3, 0.4) is 0 Å². The number of carbonyl (C=O) groups is 1. The minimum atomic E-state index is -0.360. The Kier molecular flexibility index (Phi) is 3.47. The van der Waals surface area contributed by atoms with Gasteiger partial charge in [0.2, 0.25) is 5.06 Å². The van der Waals surface area contributed by atoms with Gasteiger partial charge in [0.25, 0.3) is 0 Å². The number of methoxy groups -OCH3 is 1. The van der Waals surface area contributed by atoms with Crippen LogP contribution in [-0.2, 0) is 4.74 Å². The molecule has 5 nitrogen and oxygen atoms in total. The van der Waals surface area contributed by atoms with Crippen molar-refractivity contribution in [2.45, 2.75) is 6.92 Å². The molecule has 0 bridgehead atoms. The van der Waals surface area contributed by atoms with Gasteiger partial charge >= 0.3 is 5.97 Å². The van der Waals surface area contributed by atoms with Crippen LogP contribution in [0, 0.1) is 6.92 Å². The summed E-state index contributed by atoms with van der Waals surface area (Å²) in [6, 6.07) is 5.14. The fourth-order valence-electron chi connectivity index (χ4n) is 1.47. The zero-order valence-corrected chi connectivity index (χ0v) is 10.8. The summed E-state index contributed by atoms with van der Waals surface area (Å²) >= 11 is 1.26. The molecule has 1 heterocycles. The van der Waals surface area contributed by atoms with Crippen LogP contribution in [0.2, 0.25) is 0 Å². The first kappa shape index (κ1) is 12.4. The molecule has 0 aliphatic heterocycles. The molecule has 1 aromatic carbocycles. The van der Waals surface area contributed by atoms with Crippen LogP contribution in [-0.4, -0.2) is 18.1 Å². The zero-order valence-electron chi connectivity index (χ0n) is 9.97. The molecule has 0 radical (unpaired) electrons. The summed E-state index contributed by atoms with van der Waals surface area (Å²) < 4.78 is 10.2. The summed E-state index contributed by atoms with van der Waals surface area (Å²) in [5.74, 6) is 0.268. The van der Waals surface area contributed by atoms with E-state index in [1.807, 2.05) is 6.92 Å². The number of benzene rings is 1. The van der Waals surface area contributed by atoms with Crippen molar-refractivity contribution in [2.75, 3.05) is 12.8 Å². The number of carbonyl (C=O) groups excluding carboxylic acids is 1. The maximum atomic E-state index is 11.4. The lowest BCUT2D eigenvalue weighted by atomic mass is 10.1. The minimum Gasteiger partial charge on any atom is -0.465 e. The second-order valence-electron chi connectivity index (χ2n) is 3.59. The quantitative estimate of drug-likeness (QED) is 0.862. The van der Waals surface area contributed by atoms with Gasteiger partial charge in [-0.1, -0.05) is 11.3 Å². The Morgan fingerprint density at radius 3 is 2.78 bits per heavy atom. The molecule has 0 aliphatic carbocycles. The third-order valence-corrected chi connectivity index (χ3v) is 3.03. The lowest BCUT2D eigenvalue weighted by Gasteiger charge is -2.07. The van der Waals surface area contributed by atoms with E-state index in [1.54, 1.807) is 24.4 Å². The van der Waals surface area contributed by atoms with Gasteiger partial charge in [0.1, 0.15) is 5.75 Å². The number of hydrogen-bond donors (Lipinski definition) is 1. The van der Waals surface area contributed by atoms with Crippen LogP contribution >= 0.6 is 11.3 Å². The van der Waals surface area contributed by atoms with E-state index in [1.165, 1.54) is 18.4 Å². The lowest BCUT2D eigenvalue weighted by Crippen LogP contribution is -2.03. The molecule has 0 saturated heterocycles. The summed E-state index contributed by atoms with van der Waals surface area (Å²) in [4.78, 5) is 15.3. The molecule has 1 aromatic heterocycles. The molecule has 6 heteroatoms. The van der Waals surface area contributed by atoms with Crippen LogP contribution in [0.25, 0.3) is 0 Å². The average molecular weight is 264 g/mol. The van der Waals surface area contributed by atoms with Gasteiger partial charge in [-0.05, 0) is 30.7 Å². The summed E-state index contributed by atoms with van der Waals surface area (Å²) in [5, 5.41) is 1.06. The summed E-state index contributed by atoms with van der Waals surface area (Å²) in [7, 11) is 1.35. The Hall–Kier alpha value is -2.08. The predicted octanol–water partition coefficient (Wildman–Crippen LogP) is 2.61. The third-order valence-electron chi connectivity index (χ3n) is 2.32. The highest BCUT2D eigenvalue weighted by Crippen LogP contribution is 2.29. The van der Waals surface area contributed by atoms with E-state index in [-0.39, 0.29) is 5.97 Å². The number of nitrogens with two attached hydrogens (primary N) is 1. The maximum absolute atomic E-state index is 11.4. The van der Waals surface area contributed by atoms with Crippen molar-refractivity contribution in [1.29, 1.82) is 0 Å². The van der Waals surface area contributed by atoms with Crippen LogP contribution in [0.15, 0.2) is 24.4 Å². The largest absolute Gasteiger partial charge is 0.465 e. The highest BCUT2D eigenvalue weighted by Gasteiger charge is 2.10. The molecule has 0 unspecified atom stereocenters. The van der Waals surface area contributed by atoms with Crippen LogP contribution < -0.4 is 10.5 Å². The minimum absolute atomic E-state index is 0.360. The fourth-order valence-corrected chi connectivity index (χ4v) is 2.03. The van der Waals surface area contributed by atoms with Gasteiger partial charge in [-0.25, -0.2) is 9.78 Å². The smallest absolute Gasteiger partial charge is 0.338 e. The van der Waals surface area contributed by atoms with Crippen molar-refractivity contribution in [3.63, 3.8) is 0 Å². The molecule has 0 aliphatic rings. The number of aryl methyl sites for hydroxylation is 1. The van der Waals surface area contributed by atoms with Crippen molar-refractivity contribution in [1.82, 2.24) is 4.98 Å². The number of rotatable bonds is 3. The molecule has 2 N–H and O–H groups in total. The molecule has 0 amide bonds. The number of anilines is 1. The van der Waals surface area contributed by atoms with Crippen LogP contribution in [0.4, 0.5) is 5.13 Å². The number of esters is 1. The standard InChI is InChI=1S/C12H12N2O3S/c1-7-5-8(3-4-9(7)11(15)16-2)17-10-6-14-12(13)18-10/h3-6H,1-2H3,(H2,13,14). The van der Waals surface area contributed by atoms with Gasteiger partial charge in [-0.3, -0.25) is 0 Å². The molecule has 0 saturated carbocycles. The first-order chi connectivity index (χ1) is 8.60. The Morgan fingerprint density at radius 1 is 1.44 bits per heavy atom. The Bertz CT molecular complexity index is 580. The molecule has 0 spiro atoms. The molecule has 94 valence electrons. The number of ether oxygens (including phenoxy) is 2. The van der Waals surface area contributed by atoms with E-state index in [0.717, 1.165) is 5.56 Å². The predicted molar refractivity (Wildman–Crippen MR) is 69.1 cm³/mol. The molecule has 0 fully saturated rings. The number of hydrogen-bond acceptors (Lipinski definition) is 6. The SMILES string of the molecule is COC(=O)c1ccc(Oc2cnc(N)s2)cc1C. The third kappa shape index (κ3) is 2.60. The molecule has 2 aromatic rings. The van der Waals surface area contributed by atoms with Gasteiger partial charge < -0.3 is 15.2 Å². The van der Waals surface area contributed by atoms with Gasteiger partial charge in [0.15, 0.2) is 5.13 Å². The second-order valence-corrected chi connectivity index (χ2v) is 4.61. The van der Waals surface area contributed by atoms with Crippen LogP contribution in [0.1, 0.15) is 15.9 Å². The van der Waals surface area contributed by atoms with Crippen molar-refractivity contribution in [3.8, 4) is 10.8 Å². The molecule has 18 heavy (non-hydrogen) atoms. The van der Waals surface area contributed by atoms with E-state index in [2.05, 4.69) is 9.72 Å². The number of thiazole rings is 1. The monoisotopic (exact) mass is 264 g/mol. The Balaban J connectivity index is 2.21. The van der Waals surface area contributed by atoms with Gasteiger partial charge in [-0.15, -0.1) is 0 Å². The highest BCUT2D eigenvalue weighted by atomic mass is 32.1. The molecular weight excluding hydrogens is 252 g/mol. The normalized spacial score (nSPS) is 10.1.